The van der Waals surface area contributed by atoms with Gasteiger partial charge < -0.3 is 13.9 Å². The molecule has 10 aromatic rings. The molecule has 2 aliphatic rings. The standard InChI is InChI=1S/C47H30BN3/c1-29-14-5-10-23-40(29)51-47-37(27-26-36-34-20-8-11-24-41(34)49(46(36)47)31-16-3-2-4-17-31)38-28-30-15-6-7-18-32(30)45-43(38)48(51)39-22-13-21-35-33-19-9-12-25-42(33)50(45)44(35)39/h2-28H,1H3. The van der Waals surface area contributed by atoms with Gasteiger partial charge in [-0.15, -0.1) is 0 Å². The molecule has 0 unspecified atom stereocenters. The summed E-state index contributed by atoms with van der Waals surface area (Å²) in [5.74, 6) is 0. The molecular formula is C47H30BN3. The summed E-state index contributed by atoms with van der Waals surface area (Å²) in [6, 6.07) is 60.9. The summed E-state index contributed by atoms with van der Waals surface area (Å²) in [7, 11) is 0. The van der Waals surface area contributed by atoms with Crippen LogP contribution in [0.4, 0.5) is 11.4 Å². The Balaban J connectivity index is 1.36. The summed E-state index contributed by atoms with van der Waals surface area (Å²) in [5, 5.41) is 7.66. The van der Waals surface area contributed by atoms with Crippen LogP contribution < -0.4 is 15.7 Å². The summed E-state index contributed by atoms with van der Waals surface area (Å²) >= 11 is 0. The average Bonchev–Trinajstić information content (AvgIpc) is 3.71. The number of aromatic nitrogens is 2. The molecule has 0 saturated carbocycles. The molecule has 4 heterocycles. The molecular weight excluding hydrogens is 617 g/mol. The molecule has 0 bridgehead atoms. The minimum Gasteiger partial charge on any atom is -0.374 e. The maximum Gasteiger partial charge on any atom is 0.333 e. The van der Waals surface area contributed by atoms with Crippen molar-refractivity contribution in [3.63, 3.8) is 0 Å². The zero-order chi connectivity index (χ0) is 33.4. The molecule has 3 nitrogen and oxygen atoms in total. The van der Waals surface area contributed by atoms with Gasteiger partial charge in [0.1, 0.15) is 0 Å². The van der Waals surface area contributed by atoms with E-state index in [4.69, 9.17) is 0 Å². The first-order valence-corrected chi connectivity index (χ1v) is 17.8. The molecule has 2 aliphatic heterocycles. The number of rotatable bonds is 2. The van der Waals surface area contributed by atoms with E-state index in [1.807, 2.05) is 0 Å². The van der Waals surface area contributed by atoms with Gasteiger partial charge in [-0.1, -0.05) is 127 Å². The van der Waals surface area contributed by atoms with E-state index >= 15 is 0 Å². The topological polar surface area (TPSA) is 13.1 Å². The normalized spacial score (nSPS) is 13.1. The molecule has 236 valence electrons. The van der Waals surface area contributed by atoms with Gasteiger partial charge in [0, 0.05) is 43.9 Å². The first-order valence-electron chi connectivity index (χ1n) is 17.8. The SMILES string of the molecule is Cc1ccccc1N1B2c3c(cc4ccccc4c3-n3c4ccccc4c4cccc2c43)-c2ccc3c4ccccc4n(-c4ccccc4)c3c21. The van der Waals surface area contributed by atoms with Crippen LogP contribution in [0, 0.1) is 6.92 Å². The van der Waals surface area contributed by atoms with Gasteiger partial charge >= 0.3 is 6.85 Å². The van der Waals surface area contributed by atoms with E-state index in [1.165, 1.54) is 99.1 Å². The molecule has 12 rings (SSSR count). The summed E-state index contributed by atoms with van der Waals surface area (Å²) < 4.78 is 5.08. The summed E-state index contributed by atoms with van der Waals surface area (Å²) in [4.78, 5) is 2.70. The number of nitrogens with zero attached hydrogens (tertiary/aromatic N) is 3. The van der Waals surface area contributed by atoms with E-state index in [2.05, 4.69) is 185 Å². The maximum atomic E-state index is 2.70. The zero-order valence-corrected chi connectivity index (χ0v) is 28.0. The Morgan fingerprint density at radius 3 is 1.90 bits per heavy atom. The van der Waals surface area contributed by atoms with Crippen LogP contribution in [0.5, 0.6) is 0 Å². The van der Waals surface area contributed by atoms with Crippen LogP contribution in [0.1, 0.15) is 5.56 Å². The first-order chi connectivity index (χ1) is 25.3. The Morgan fingerprint density at radius 2 is 1.10 bits per heavy atom. The number of anilines is 2. The third kappa shape index (κ3) is 3.39. The zero-order valence-electron chi connectivity index (χ0n) is 28.0. The van der Waals surface area contributed by atoms with Gasteiger partial charge in [0.25, 0.3) is 0 Å². The molecule has 0 atom stereocenters. The Hall–Kier alpha value is -6.52. The number of para-hydroxylation sites is 5. The van der Waals surface area contributed by atoms with Crippen LogP contribution in [-0.2, 0) is 0 Å². The lowest BCUT2D eigenvalue weighted by molar-refractivity contribution is 1.17. The van der Waals surface area contributed by atoms with Crippen LogP contribution in [0.3, 0.4) is 0 Å². The highest BCUT2D eigenvalue weighted by atomic mass is 15.1. The second-order valence-electron chi connectivity index (χ2n) is 14.1. The van der Waals surface area contributed by atoms with Crippen LogP contribution in [0.2, 0.25) is 0 Å². The van der Waals surface area contributed by atoms with E-state index in [0.29, 0.717) is 0 Å². The summed E-state index contributed by atoms with van der Waals surface area (Å²) in [5.41, 5.74) is 16.5. The van der Waals surface area contributed by atoms with Gasteiger partial charge in [-0.2, -0.15) is 0 Å². The molecule has 0 radical (unpaired) electrons. The number of hydrogen-bond donors (Lipinski definition) is 0. The highest BCUT2D eigenvalue weighted by Gasteiger charge is 2.45. The quantitative estimate of drug-likeness (QED) is 0.170. The second kappa shape index (κ2) is 9.80. The van der Waals surface area contributed by atoms with Gasteiger partial charge in [0.15, 0.2) is 0 Å². The molecule has 0 amide bonds. The number of aryl methyl sites for hydroxylation is 1. The van der Waals surface area contributed by atoms with Crippen molar-refractivity contribution in [3.8, 4) is 22.5 Å². The number of hydrogen-bond acceptors (Lipinski definition) is 1. The highest BCUT2D eigenvalue weighted by Crippen LogP contribution is 2.51. The fraction of sp³-hybridized carbons (Fsp3) is 0.0213. The predicted octanol–water partition coefficient (Wildman–Crippen LogP) is 10.6. The molecule has 0 N–H and O–H groups in total. The van der Waals surface area contributed by atoms with Gasteiger partial charge in [0.2, 0.25) is 0 Å². The molecule has 2 aromatic heterocycles. The van der Waals surface area contributed by atoms with Crippen LogP contribution >= 0.6 is 0 Å². The van der Waals surface area contributed by atoms with E-state index in [1.54, 1.807) is 0 Å². The lowest BCUT2D eigenvalue weighted by atomic mass is 9.43. The minimum absolute atomic E-state index is 0.0541. The van der Waals surface area contributed by atoms with E-state index in [9.17, 15) is 0 Å². The Morgan fingerprint density at radius 1 is 0.451 bits per heavy atom. The molecule has 4 heteroatoms. The average molecular weight is 648 g/mol. The fourth-order valence-corrected chi connectivity index (χ4v) is 9.58. The lowest BCUT2D eigenvalue weighted by Crippen LogP contribution is -2.60. The van der Waals surface area contributed by atoms with E-state index in [0.717, 1.165) is 5.69 Å². The van der Waals surface area contributed by atoms with Gasteiger partial charge in [-0.25, -0.2) is 0 Å². The van der Waals surface area contributed by atoms with Crippen molar-refractivity contribution in [2.45, 2.75) is 6.92 Å². The highest BCUT2D eigenvalue weighted by molar-refractivity contribution is 6.94. The van der Waals surface area contributed by atoms with Crippen molar-refractivity contribution in [2.75, 3.05) is 4.81 Å². The monoisotopic (exact) mass is 647 g/mol. The van der Waals surface area contributed by atoms with Crippen molar-refractivity contribution in [2.24, 2.45) is 0 Å². The number of benzene rings is 8. The summed E-state index contributed by atoms with van der Waals surface area (Å²) in [6.45, 7) is 2.21. The molecule has 51 heavy (non-hydrogen) atoms. The van der Waals surface area contributed by atoms with Crippen LogP contribution in [0.15, 0.2) is 164 Å². The van der Waals surface area contributed by atoms with Crippen LogP contribution in [-0.4, -0.2) is 16.0 Å². The molecule has 0 spiro atoms. The molecule has 0 saturated heterocycles. The van der Waals surface area contributed by atoms with Crippen molar-refractivity contribution in [3.05, 3.63) is 169 Å². The third-order valence-electron chi connectivity index (χ3n) is 11.6. The first kappa shape index (κ1) is 27.3. The van der Waals surface area contributed by atoms with Crippen molar-refractivity contribution < 1.29 is 0 Å². The fourth-order valence-electron chi connectivity index (χ4n) is 9.58. The van der Waals surface area contributed by atoms with E-state index in [-0.39, 0.29) is 6.85 Å². The predicted molar refractivity (Wildman–Crippen MR) is 216 cm³/mol. The minimum atomic E-state index is -0.0541. The Kier molecular flexibility index (Phi) is 5.25. The molecule has 0 aliphatic carbocycles. The summed E-state index contributed by atoms with van der Waals surface area (Å²) in [6.07, 6.45) is 0. The molecule has 0 fully saturated rings. The third-order valence-corrected chi connectivity index (χ3v) is 11.6. The lowest BCUT2D eigenvalue weighted by Gasteiger charge is -2.43. The van der Waals surface area contributed by atoms with Crippen molar-refractivity contribution in [1.82, 2.24) is 9.13 Å². The Bertz CT molecular complexity index is 3110. The number of fused-ring (bicyclic) bond motifs is 13. The largest absolute Gasteiger partial charge is 0.374 e. The molecule has 8 aromatic carbocycles. The Labute approximate surface area is 295 Å². The van der Waals surface area contributed by atoms with Crippen molar-refractivity contribution >= 4 is 83.5 Å². The smallest absolute Gasteiger partial charge is 0.333 e. The van der Waals surface area contributed by atoms with Crippen molar-refractivity contribution in [1.29, 1.82) is 0 Å². The maximum absolute atomic E-state index is 2.70. The van der Waals surface area contributed by atoms with Crippen LogP contribution in [0.25, 0.3) is 76.9 Å². The van der Waals surface area contributed by atoms with Gasteiger partial charge in [-0.05, 0) is 70.8 Å². The second-order valence-corrected chi connectivity index (χ2v) is 14.1. The van der Waals surface area contributed by atoms with Gasteiger partial charge in [0.05, 0.1) is 33.4 Å². The van der Waals surface area contributed by atoms with E-state index < -0.39 is 0 Å². The van der Waals surface area contributed by atoms with Gasteiger partial charge in [-0.3, -0.25) is 0 Å².